The summed E-state index contributed by atoms with van der Waals surface area (Å²) in [5, 5.41) is 0. The van der Waals surface area contributed by atoms with Gasteiger partial charge in [-0.3, -0.25) is 0 Å². The van der Waals surface area contributed by atoms with Gasteiger partial charge < -0.3 is 5.73 Å². The Kier molecular flexibility index (Phi) is 2.94. The van der Waals surface area contributed by atoms with Crippen LogP contribution in [0.5, 0.6) is 0 Å². The summed E-state index contributed by atoms with van der Waals surface area (Å²) in [5.41, 5.74) is 6.55. The average Bonchev–Trinajstić information content (AvgIpc) is 2.06. The predicted octanol–water partition coefficient (Wildman–Crippen LogP) is 1.80. The van der Waals surface area contributed by atoms with Crippen LogP contribution < -0.4 is 5.73 Å². The lowest BCUT2D eigenvalue weighted by Crippen LogP contribution is -2.09. The van der Waals surface area contributed by atoms with Crippen molar-refractivity contribution in [3.63, 3.8) is 0 Å². The van der Waals surface area contributed by atoms with Crippen molar-refractivity contribution in [1.29, 1.82) is 0 Å². The lowest BCUT2D eigenvalue weighted by molar-refractivity contribution is 0.579. The smallest absolute Gasteiger partial charge is 0.212 e. The zero-order chi connectivity index (χ0) is 8.97. The van der Waals surface area contributed by atoms with Crippen LogP contribution in [0.3, 0.4) is 0 Å². The topological polar surface area (TPSA) is 38.9 Å². The van der Waals surface area contributed by atoms with Crippen molar-refractivity contribution in [3.05, 3.63) is 42.5 Å². The van der Waals surface area contributed by atoms with E-state index in [0.29, 0.717) is 6.42 Å². The molecule has 2 N–H and O–H groups in total. The van der Waals surface area contributed by atoms with E-state index in [1.807, 2.05) is 0 Å². The molecule has 0 aliphatic rings. The highest BCUT2D eigenvalue weighted by Gasteiger charge is 2.03. The fraction of sp³-hybridized carbons (Fsp3) is 0.222. The van der Waals surface area contributed by atoms with E-state index in [-0.39, 0.29) is 6.04 Å². The Morgan fingerprint density at radius 3 is 2.92 bits per heavy atom. The number of pyridine rings is 1. The van der Waals surface area contributed by atoms with E-state index in [4.69, 9.17) is 5.73 Å². The van der Waals surface area contributed by atoms with Crippen molar-refractivity contribution in [2.24, 2.45) is 5.73 Å². The van der Waals surface area contributed by atoms with Gasteiger partial charge >= 0.3 is 0 Å². The molecule has 2 nitrogen and oxygen atoms in total. The summed E-state index contributed by atoms with van der Waals surface area (Å²) >= 11 is 0. The Bertz CT molecular complexity index is 256. The molecule has 0 saturated carbocycles. The van der Waals surface area contributed by atoms with Gasteiger partial charge in [0, 0.05) is 12.2 Å². The second kappa shape index (κ2) is 3.97. The Labute approximate surface area is 70.9 Å². The molecule has 1 rings (SSSR count). The van der Waals surface area contributed by atoms with Gasteiger partial charge in [0.05, 0.1) is 0 Å². The minimum absolute atomic E-state index is 0.129. The molecule has 0 fully saturated rings. The number of hydrogen-bond donors (Lipinski definition) is 1. The number of hydrogen-bond acceptors (Lipinski definition) is 2. The SMILES string of the molecule is C=CCC(N)c1ccc(F)nc1. The number of halogens is 1. The molecule has 0 radical (unpaired) electrons. The van der Waals surface area contributed by atoms with E-state index < -0.39 is 5.95 Å². The van der Waals surface area contributed by atoms with Crippen LogP contribution in [0.1, 0.15) is 18.0 Å². The molecule has 0 aliphatic carbocycles. The monoisotopic (exact) mass is 166 g/mol. The van der Waals surface area contributed by atoms with Gasteiger partial charge in [-0.1, -0.05) is 12.1 Å². The zero-order valence-corrected chi connectivity index (χ0v) is 6.70. The normalized spacial score (nSPS) is 12.5. The molecule has 0 aromatic carbocycles. The van der Waals surface area contributed by atoms with Gasteiger partial charge in [0.2, 0.25) is 5.95 Å². The maximum atomic E-state index is 12.4. The van der Waals surface area contributed by atoms with E-state index in [1.54, 1.807) is 12.1 Å². The Balaban J connectivity index is 2.74. The number of rotatable bonds is 3. The summed E-state index contributed by atoms with van der Waals surface area (Å²) < 4.78 is 12.4. The van der Waals surface area contributed by atoms with Gasteiger partial charge in [0.25, 0.3) is 0 Å². The molecule has 12 heavy (non-hydrogen) atoms. The van der Waals surface area contributed by atoms with Gasteiger partial charge in [0.15, 0.2) is 0 Å². The fourth-order valence-corrected chi connectivity index (χ4v) is 0.922. The molecular weight excluding hydrogens is 155 g/mol. The minimum atomic E-state index is -0.482. The highest BCUT2D eigenvalue weighted by Crippen LogP contribution is 2.12. The number of nitrogens with two attached hydrogens (primary N) is 1. The van der Waals surface area contributed by atoms with Crippen molar-refractivity contribution >= 4 is 0 Å². The van der Waals surface area contributed by atoms with Crippen LogP contribution in [0.15, 0.2) is 31.0 Å². The van der Waals surface area contributed by atoms with Gasteiger partial charge in [0.1, 0.15) is 0 Å². The summed E-state index contributed by atoms with van der Waals surface area (Å²) in [6.07, 6.45) is 3.85. The molecule has 1 aromatic heterocycles. The third-order valence-electron chi connectivity index (χ3n) is 1.60. The van der Waals surface area contributed by atoms with Crippen molar-refractivity contribution < 1.29 is 4.39 Å². The molecule has 3 heteroatoms. The van der Waals surface area contributed by atoms with E-state index in [0.717, 1.165) is 5.56 Å². The summed E-state index contributed by atoms with van der Waals surface area (Å²) in [6, 6.07) is 2.81. The fourth-order valence-electron chi connectivity index (χ4n) is 0.922. The Morgan fingerprint density at radius 2 is 2.42 bits per heavy atom. The Hall–Kier alpha value is -1.22. The molecule has 0 aliphatic heterocycles. The largest absolute Gasteiger partial charge is 0.324 e. The second-order valence-corrected chi connectivity index (χ2v) is 2.55. The molecule has 1 heterocycles. The molecule has 1 atom stereocenters. The quantitative estimate of drug-likeness (QED) is 0.549. The first-order chi connectivity index (χ1) is 5.74. The molecule has 0 amide bonds. The van der Waals surface area contributed by atoms with Gasteiger partial charge in [-0.2, -0.15) is 4.39 Å². The molecule has 0 bridgehead atoms. The third kappa shape index (κ3) is 2.13. The first-order valence-corrected chi connectivity index (χ1v) is 3.72. The molecule has 64 valence electrons. The van der Waals surface area contributed by atoms with Crippen LogP contribution in [-0.2, 0) is 0 Å². The second-order valence-electron chi connectivity index (χ2n) is 2.55. The molecule has 1 unspecified atom stereocenters. The van der Waals surface area contributed by atoms with Gasteiger partial charge in [-0.15, -0.1) is 6.58 Å². The van der Waals surface area contributed by atoms with Crippen LogP contribution in [0.4, 0.5) is 4.39 Å². The van der Waals surface area contributed by atoms with Gasteiger partial charge in [-0.25, -0.2) is 4.98 Å². The van der Waals surface area contributed by atoms with Crippen LogP contribution in [0.2, 0.25) is 0 Å². The lowest BCUT2D eigenvalue weighted by atomic mass is 10.1. The van der Waals surface area contributed by atoms with E-state index in [9.17, 15) is 4.39 Å². The Morgan fingerprint density at radius 1 is 1.67 bits per heavy atom. The molecule has 1 aromatic rings. The summed E-state index contributed by atoms with van der Waals surface area (Å²) in [4.78, 5) is 3.50. The maximum Gasteiger partial charge on any atom is 0.212 e. The van der Waals surface area contributed by atoms with Crippen LogP contribution in [0, 0.1) is 5.95 Å². The summed E-state index contributed by atoms with van der Waals surface area (Å²) in [6.45, 7) is 3.57. The van der Waals surface area contributed by atoms with E-state index in [1.165, 1.54) is 12.3 Å². The van der Waals surface area contributed by atoms with Crippen LogP contribution in [0.25, 0.3) is 0 Å². The van der Waals surface area contributed by atoms with E-state index >= 15 is 0 Å². The molecular formula is C9H11FN2. The van der Waals surface area contributed by atoms with Crippen molar-refractivity contribution in [2.75, 3.05) is 0 Å². The first kappa shape index (κ1) is 8.87. The third-order valence-corrected chi connectivity index (χ3v) is 1.60. The summed E-state index contributed by atoms with van der Waals surface area (Å²) in [7, 11) is 0. The molecule has 0 saturated heterocycles. The standard InChI is InChI=1S/C9H11FN2/c1-2-3-8(11)7-4-5-9(10)12-6-7/h2,4-6,8H,1,3,11H2. The highest BCUT2D eigenvalue weighted by atomic mass is 19.1. The average molecular weight is 166 g/mol. The summed E-state index contributed by atoms with van der Waals surface area (Å²) in [5.74, 6) is -0.482. The zero-order valence-electron chi connectivity index (χ0n) is 6.70. The lowest BCUT2D eigenvalue weighted by Gasteiger charge is -2.07. The first-order valence-electron chi connectivity index (χ1n) is 3.72. The van der Waals surface area contributed by atoms with Crippen LogP contribution >= 0.6 is 0 Å². The van der Waals surface area contributed by atoms with Gasteiger partial charge in [-0.05, 0) is 18.1 Å². The van der Waals surface area contributed by atoms with Crippen molar-refractivity contribution in [1.82, 2.24) is 4.98 Å². The molecule has 0 spiro atoms. The van der Waals surface area contributed by atoms with E-state index in [2.05, 4.69) is 11.6 Å². The van der Waals surface area contributed by atoms with Crippen LogP contribution in [-0.4, -0.2) is 4.98 Å². The van der Waals surface area contributed by atoms with Crippen molar-refractivity contribution in [3.8, 4) is 0 Å². The minimum Gasteiger partial charge on any atom is -0.324 e. The highest BCUT2D eigenvalue weighted by molar-refractivity contribution is 5.14. The number of aromatic nitrogens is 1. The number of nitrogens with zero attached hydrogens (tertiary/aromatic N) is 1. The predicted molar refractivity (Wildman–Crippen MR) is 45.9 cm³/mol. The maximum absolute atomic E-state index is 12.4. The van der Waals surface area contributed by atoms with Crippen molar-refractivity contribution in [2.45, 2.75) is 12.5 Å².